The lowest BCUT2D eigenvalue weighted by Gasteiger charge is -2.19. The van der Waals surface area contributed by atoms with Gasteiger partial charge in [0.1, 0.15) is 23.0 Å². The predicted molar refractivity (Wildman–Crippen MR) is 240 cm³/mol. The molecule has 2 heterocycles. The fourth-order valence-electron chi connectivity index (χ4n) is 8.11. The van der Waals surface area contributed by atoms with Gasteiger partial charge in [0, 0.05) is 21.5 Å². The number of amides is 4. The fraction of sp³-hybridized carbons (Fsp3) is 0.255. The summed E-state index contributed by atoms with van der Waals surface area (Å²) in [6.07, 6.45) is 1.56. The Bertz CT molecular complexity index is 2870. The molecule has 1 unspecified atom stereocenters. The molecule has 0 saturated heterocycles. The van der Waals surface area contributed by atoms with Crippen molar-refractivity contribution in [2.24, 2.45) is 0 Å². The predicted octanol–water partition coefficient (Wildman–Crippen LogP) is 9.21. The summed E-state index contributed by atoms with van der Waals surface area (Å²) < 4.78 is 29.3. The molecular weight excluding hydrogens is 817 g/mol. The van der Waals surface area contributed by atoms with Gasteiger partial charge in [-0.25, -0.2) is 9.80 Å². The molecule has 13 nitrogen and oxygen atoms in total. The fourth-order valence-corrected chi connectivity index (χ4v) is 8.11. The number of imide groups is 2. The van der Waals surface area contributed by atoms with Crippen LogP contribution in [0.15, 0.2) is 97.1 Å². The van der Waals surface area contributed by atoms with Crippen LogP contribution in [0.3, 0.4) is 0 Å². The zero-order chi connectivity index (χ0) is 45.2. The van der Waals surface area contributed by atoms with E-state index in [-0.39, 0.29) is 64.9 Å². The number of carbonyl (C=O) groups excluding carboxylic acids is 6. The third kappa shape index (κ3) is 7.67. The Kier molecular flexibility index (Phi) is 12.2. The van der Waals surface area contributed by atoms with E-state index in [1.807, 2.05) is 76.2 Å². The van der Waals surface area contributed by atoms with Gasteiger partial charge in [0.15, 0.2) is 0 Å². The third-order valence-corrected chi connectivity index (χ3v) is 11.4. The summed E-state index contributed by atoms with van der Waals surface area (Å²) >= 11 is 0. The van der Waals surface area contributed by atoms with Crippen molar-refractivity contribution in [2.45, 2.75) is 65.9 Å². The molecule has 13 heteroatoms. The second-order valence-corrected chi connectivity index (χ2v) is 15.5. The van der Waals surface area contributed by atoms with Crippen LogP contribution in [0.1, 0.15) is 99.5 Å². The molecule has 4 amide bonds. The maximum absolute atomic E-state index is 14.1. The van der Waals surface area contributed by atoms with Gasteiger partial charge >= 0.3 is 11.9 Å². The largest absolute Gasteiger partial charge is 0.495 e. The second-order valence-electron chi connectivity index (χ2n) is 15.5. The van der Waals surface area contributed by atoms with Crippen LogP contribution in [-0.2, 0) is 27.2 Å². The number of hydrogen-bond acceptors (Lipinski definition) is 11. The van der Waals surface area contributed by atoms with Crippen molar-refractivity contribution in [3.05, 3.63) is 130 Å². The average Bonchev–Trinajstić information content (AvgIpc) is 3.71. The van der Waals surface area contributed by atoms with Crippen molar-refractivity contribution in [2.75, 3.05) is 30.1 Å². The van der Waals surface area contributed by atoms with E-state index < -0.39 is 35.6 Å². The molecule has 6 aromatic rings. The zero-order valence-corrected chi connectivity index (χ0v) is 36.1. The topological polar surface area (TPSA) is 155 Å². The highest BCUT2D eigenvalue weighted by molar-refractivity contribution is 6.39. The first-order valence-electron chi connectivity index (χ1n) is 21.3. The molecule has 2 aliphatic heterocycles. The lowest BCUT2D eigenvalue weighted by atomic mass is 9.98. The minimum atomic E-state index is -0.807. The standard InChI is InChI=1S/C51H46N2O11/c1-6-9-26-62-46-36-16-12-11-15-35(36)45(61-8-3)41-42(46)50(58)53(49(41)57)33-24-20-31(21-25-33)28-39(55)64-38(54)27-30-18-22-32(23-19-30)52-48(56)40-43(51(52)59)47(63-29(4)7-2)37-17-13-10-14-34(37)44(40)60-5/h10-25,29H,6-9,26-28H2,1-5H3. The maximum Gasteiger partial charge on any atom is 0.317 e. The third-order valence-electron chi connectivity index (χ3n) is 11.4. The molecule has 0 fully saturated rings. The molecule has 8 rings (SSSR count). The van der Waals surface area contributed by atoms with Crippen LogP contribution in [-0.4, -0.2) is 62.0 Å². The highest BCUT2D eigenvalue weighted by atomic mass is 16.6. The van der Waals surface area contributed by atoms with Crippen molar-refractivity contribution in [1.29, 1.82) is 0 Å². The van der Waals surface area contributed by atoms with Crippen molar-refractivity contribution in [1.82, 2.24) is 0 Å². The number of carbonyl (C=O) groups is 6. The lowest BCUT2D eigenvalue weighted by Crippen LogP contribution is -2.29. The molecule has 0 spiro atoms. The Morgan fingerprint density at radius 2 is 0.953 bits per heavy atom. The molecule has 0 N–H and O–H groups in total. The number of anilines is 2. The monoisotopic (exact) mass is 862 g/mol. The second kappa shape index (κ2) is 18.1. The van der Waals surface area contributed by atoms with Crippen LogP contribution in [0.25, 0.3) is 21.5 Å². The molecule has 2 aliphatic rings. The molecule has 0 bridgehead atoms. The molecule has 1 atom stereocenters. The van der Waals surface area contributed by atoms with Gasteiger partial charge in [0.05, 0.1) is 72.9 Å². The van der Waals surface area contributed by atoms with E-state index in [1.54, 1.807) is 48.5 Å². The first-order chi connectivity index (χ1) is 31.0. The van der Waals surface area contributed by atoms with Gasteiger partial charge in [-0.3, -0.25) is 28.8 Å². The van der Waals surface area contributed by atoms with Crippen LogP contribution in [0.2, 0.25) is 0 Å². The maximum atomic E-state index is 14.1. The summed E-state index contributed by atoms with van der Waals surface area (Å²) in [5.41, 5.74) is 2.02. The van der Waals surface area contributed by atoms with E-state index in [0.29, 0.717) is 62.9 Å². The Labute approximate surface area is 369 Å². The molecule has 6 aromatic carbocycles. The number of hydrogen-bond donors (Lipinski definition) is 0. The number of benzene rings is 6. The van der Waals surface area contributed by atoms with E-state index in [0.717, 1.165) is 22.6 Å². The Morgan fingerprint density at radius 3 is 1.38 bits per heavy atom. The van der Waals surface area contributed by atoms with E-state index in [9.17, 15) is 28.8 Å². The molecule has 0 radical (unpaired) electrons. The SMILES string of the molecule is CCCCOc1c2c(c(OCC)c3ccccc13)C(=O)N(c1ccc(CC(=O)OC(=O)Cc3ccc(N4C(=O)c5c(c(OC(C)CC)c6ccccc6c5OC)C4=O)cc3)cc1)C2=O. The molecule has 64 heavy (non-hydrogen) atoms. The molecule has 0 saturated carbocycles. The summed E-state index contributed by atoms with van der Waals surface area (Å²) in [4.78, 5) is 84.2. The van der Waals surface area contributed by atoms with Gasteiger partial charge in [0.2, 0.25) is 0 Å². The van der Waals surface area contributed by atoms with E-state index in [4.69, 9.17) is 23.7 Å². The van der Waals surface area contributed by atoms with Gasteiger partial charge < -0.3 is 23.7 Å². The van der Waals surface area contributed by atoms with Crippen LogP contribution >= 0.6 is 0 Å². The van der Waals surface area contributed by atoms with Crippen LogP contribution < -0.4 is 28.7 Å². The number of fused-ring (bicyclic) bond motifs is 4. The summed E-state index contributed by atoms with van der Waals surface area (Å²) in [6.45, 7) is 8.34. The molecule has 0 aliphatic carbocycles. The summed E-state index contributed by atoms with van der Waals surface area (Å²) in [6, 6.07) is 27.2. The van der Waals surface area contributed by atoms with Gasteiger partial charge in [-0.1, -0.05) is 93.1 Å². The highest BCUT2D eigenvalue weighted by Crippen LogP contribution is 2.48. The zero-order valence-electron chi connectivity index (χ0n) is 36.1. The van der Waals surface area contributed by atoms with Crippen molar-refractivity contribution >= 4 is 68.5 Å². The smallest absolute Gasteiger partial charge is 0.317 e. The van der Waals surface area contributed by atoms with Gasteiger partial charge in [0.25, 0.3) is 23.6 Å². The number of ether oxygens (including phenoxy) is 5. The lowest BCUT2D eigenvalue weighted by molar-refractivity contribution is -0.158. The van der Waals surface area contributed by atoms with E-state index >= 15 is 0 Å². The Morgan fingerprint density at radius 1 is 0.547 bits per heavy atom. The van der Waals surface area contributed by atoms with Gasteiger partial charge in [-0.05, 0) is 62.1 Å². The number of methoxy groups -OCH3 is 1. The number of unbranched alkanes of at least 4 members (excludes halogenated alkanes) is 1. The van der Waals surface area contributed by atoms with Crippen molar-refractivity contribution in [3.63, 3.8) is 0 Å². The molecule has 326 valence electrons. The van der Waals surface area contributed by atoms with Crippen molar-refractivity contribution in [3.8, 4) is 23.0 Å². The van der Waals surface area contributed by atoms with Crippen LogP contribution in [0.4, 0.5) is 11.4 Å². The quantitative estimate of drug-likeness (QED) is 0.0396. The molecule has 0 aromatic heterocycles. The highest BCUT2D eigenvalue weighted by Gasteiger charge is 2.45. The van der Waals surface area contributed by atoms with Gasteiger partial charge in [-0.15, -0.1) is 0 Å². The summed E-state index contributed by atoms with van der Waals surface area (Å²) in [5.74, 6) is -2.62. The summed E-state index contributed by atoms with van der Waals surface area (Å²) in [5, 5.41) is 2.62. The number of rotatable bonds is 16. The minimum absolute atomic E-state index is 0.112. The first kappa shape index (κ1) is 43.1. The Balaban J connectivity index is 0.939. The van der Waals surface area contributed by atoms with E-state index in [2.05, 4.69) is 0 Å². The molecular formula is C51H46N2O11. The van der Waals surface area contributed by atoms with E-state index in [1.165, 1.54) is 7.11 Å². The first-order valence-corrected chi connectivity index (χ1v) is 21.3. The number of esters is 2. The number of nitrogens with zero attached hydrogens (tertiary/aromatic N) is 2. The normalized spacial score (nSPS) is 13.6. The average molecular weight is 863 g/mol. The summed E-state index contributed by atoms with van der Waals surface area (Å²) in [7, 11) is 1.45. The minimum Gasteiger partial charge on any atom is -0.495 e. The van der Waals surface area contributed by atoms with Gasteiger partial charge in [-0.2, -0.15) is 0 Å². The van der Waals surface area contributed by atoms with Crippen molar-refractivity contribution < 1.29 is 52.5 Å². The van der Waals surface area contributed by atoms with Crippen LogP contribution in [0, 0.1) is 0 Å². The van der Waals surface area contributed by atoms with Crippen LogP contribution in [0.5, 0.6) is 23.0 Å². The Hall–Kier alpha value is -7.54.